The summed E-state index contributed by atoms with van der Waals surface area (Å²) in [6.45, 7) is 0.708. The fraction of sp³-hybridized carbons (Fsp3) is 0.250. The molecule has 0 fully saturated rings. The van der Waals surface area contributed by atoms with E-state index in [1.807, 2.05) is 31.3 Å². The first kappa shape index (κ1) is 12.2. The molecule has 98 valence electrons. The van der Waals surface area contributed by atoms with Gasteiger partial charge < -0.3 is 10.1 Å². The van der Waals surface area contributed by atoms with Crippen LogP contribution in [0.1, 0.15) is 22.7 Å². The minimum atomic E-state index is -0.197. The number of hydrogen-bond donors (Lipinski definition) is 1. The molecule has 1 N–H and O–H groups in total. The summed E-state index contributed by atoms with van der Waals surface area (Å²) in [6.07, 6.45) is 0.927. The molecule has 0 radical (unpaired) electrons. The summed E-state index contributed by atoms with van der Waals surface area (Å²) in [5.74, 6) is 0.711. The molecule has 1 aliphatic heterocycles. The van der Waals surface area contributed by atoms with Gasteiger partial charge in [0.1, 0.15) is 11.6 Å². The molecule has 0 saturated heterocycles. The van der Waals surface area contributed by atoms with E-state index in [-0.39, 0.29) is 11.9 Å². The summed E-state index contributed by atoms with van der Waals surface area (Å²) >= 11 is 0. The Bertz CT molecular complexity index is 597. The molecule has 2 nitrogen and oxygen atoms in total. The summed E-state index contributed by atoms with van der Waals surface area (Å²) in [7, 11) is 1.84. The van der Waals surface area contributed by atoms with Crippen LogP contribution in [0.4, 0.5) is 4.39 Å². The van der Waals surface area contributed by atoms with Crippen LogP contribution < -0.4 is 10.1 Å². The van der Waals surface area contributed by atoms with Crippen LogP contribution in [0.25, 0.3) is 0 Å². The van der Waals surface area contributed by atoms with Gasteiger partial charge in [0.25, 0.3) is 0 Å². The molecule has 2 aromatic carbocycles. The van der Waals surface area contributed by atoms with Crippen molar-refractivity contribution in [3.8, 4) is 5.75 Å². The van der Waals surface area contributed by atoms with Crippen molar-refractivity contribution in [3.05, 3.63) is 65.0 Å². The number of ether oxygens (including phenoxy) is 1. The van der Waals surface area contributed by atoms with Gasteiger partial charge in [-0.05, 0) is 18.7 Å². The number of para-hydroxylation sites is 1. The van der Waals surface area contributed by atoms with E-state index in [4.69, 9.17) is 4.74 Å². The molecule has 1 aliphatic rings. The van der Waals surface area contributed by atoms with Crippen molar-refractivity contribution in [3.63, 3.8) is 0 Å². The van der Waals surface area contributed by atoms with E-state index in [2.05, 4.69) is 11.4 Å². The summed E-state index contributed by atoms with van der Waals surface area (Å²) in [5, 5.41) is 3.19. The third kappa shape index (κ3) is 2.10. The zero-order chi connectivity index (χ0) is 13.2. The Morgan fingerprint density at radius 2 is 1.89 bits per heavy atom. The lowest BCUT2D eigenvalue weighted by Gasteiger charge is -2.20. The maximum Gasteiger partial charge on any atom is 0.128 e. The second-order valence-electron chi connectivity index (χ2n) is 4.68. The highest BCUT2D eigenvalue weighted by molar-refractivity contribution is 5.48. The SMILES string of the molecule is CNC(c1ccccc1F)c1cccc2c1OCC2. The Morgan fingerprint density at radius 3 is 2.68 bits per heavy atom. The van der Waals surface area contributed by atoms with Crippen LogP contribution in [0, 0.1) is 5.82 Å². The number of nitrogens with one attached hydrogen (secondary N) is 1. The topological polar surface area (TPSA) is 21.3 Å². The van der Waals surface area contributed by atoms with Crippen molar-refractivity contribution in [2.24, 2.45) is 0 Å². The van der Waals surface area contributed by atoms with Crippen LogP contribution in [-0.2, 0) is 6.42 Å². The van der Waals surface area contributed by atoms with E-state index < -0.39 is 0 Å². The third-order valence-electron chi connectivity index (χ3n) is 3.56. The molecule has 0 aliphatic carbocycles. The summed E-state index contributed by atoms with van der Waals surface area (Å²) in [4.78, 5) is 0. The number of hydrogen-bond acceptors (Lipinski definition) is 2. The normalized spacial score (nSPS) is 14.8. The first-order chi connectivity index (χ1) is 9.31. The Kier molecular flexibility index (Phi) is 3.22. The zero-order valence-corrected chi connectivity index (χ0v) is 10.8. The van der Waals surface area contributed by atoms with Gasteiger partial charge in [0.2, 0.25) is 0 Å². The van der Waals surface area contributed by atoms with Crippen molar-refractivity contribution in [1.29, 1.82) is 0 Å². The minimum Gasteiger partial charge on any atom is -0.493 e. The lowest BCUT2D eigenvalue weighted by Crippen LogP contribution is -2.19. The van der Waals surface area contributed by atoms with E-state index in [0.717, 1.165) is 17.7 Å². The van der Waals surface area contributed by atoms with Crippen molar-refractivity contribution in [1.82, 2.24) is 5.32 Å². The average molecular weight is 257 g/mol. The smallest absolute Gasteiger partial charge is 0.128 e. The van der Waals surface area contributed by atoms with Crippen molar-refractivity contribution < 1.29 is 9.13 Å². The Hall–Kier alpha value is -1.87. The first-order valence-electron chi connectivity index (χ1n) is 6.47. The van der Waals surface area contributed by atoms with E-state index in [0.29, 0.717) is 12.2 Å². The van der Waals surface area contributed by atoms with Gasteiger partial charge in [-0.1, -0.05) is 36.4 Å². The van der Waals surface area contributed by atoms with Gasteiger partial charge in [0.15, 0.2) is 0 Å². The van der Waals surface area contributed by atoms with E-state index in [1.165, 1.54) is 11.6 Å². The third-order valence-corrected chi connectivity index (χ3v) is 3.56. The Balaban J connectivity index is 2.09. The fourth-order valence-corrected chi connectivity index (χ4v) is 2.66. The van der Waals surface area contributed by atoms with Crippen LogP contribution in [0.5, 0.6) is 5.75 Å². The summed E-state index contributed by atoms with van der Waals surface area (Å²) < 4.78 is 19.7. The summed E-state index contributed by atoms with van der Waals surface area (Å²) in [5.41, 5.74) is 2.85. The van der Waals surface area contributed by atoms with Gasteiger partial charge in [-0.3, -0.25) is 0 Å². The van der Waals surface area contributed by atoms with Gasteiger partial charge in [0.05, 0.1) is 12.6 Å². The van der Waals surface area contributed by atoms with Crippen molar-refractivity contribution in [2.45, 2.75) is 12.5 Å². The zero-order valence-electron chi connectivity index (χ0n) is 10.8. The van der Waals surface area contributed by atoms with Gasteiger partial charge in [-0.25, -0.2) is 4.39 Å². The maximum atomic E-state index is 14.0. The Labute approximate surface area is 112 Å². The molecule has 1 heterocycles. The van der Waals surface area contributed by atoms with Crippen molar-refractivity contribution >= 4 is 0 Å². The second-order valence-corrected chi connectivity index (χ2v) is 4.68. The quantitative estimate of drug-likeness (QED) is 0.912. The number of fused-ring (bicyclic) bond motifs is 1. The van der Waals surface area contributed by atoms with Crippen LogP contribution >= 0.6 is 0 Å². The van der Waals surface area contributed by atoms with Crippen LogP contribution in [0.3, 0.4) is 0 Å². The molecule has 0 aromatic heterocycles. The molecular weight excluding hydrogens is 241 g/mol. The minimum absolute atomic E-state index is 0.186. The first-order valence-corrected chi connectivity index (χ1v) is 6.47. The van der Waals surface area contributed by atoms with Crippen LogP contribution in [-0.4, -0.2) is 13.7 Å². The molecule has 0 amide bonds. The highest BCUT2D eigenvalue weighted by Crippen LogP contribution is 2.36. The molecule has 0 saturated carbocycles. The van der Waals surface area contributed by atoms with Crippen molar-refractivity contribution in [2.75, 3.05) is 13.7 Å². The molecule has 1 atom stereocenters. The molecule has 2 aromatic rings. The average Bonchev–Trinajstić information content (AvgIpc) is 2.91. The highest BCUT2D eigenvalue weighted by Gasteiger charge is 2.23. The van der Waals surface area contributed by atoms with Gasteiger partial charge in [0, 0.05) is 17.5 Å². The molecule has 0 bridgehead atoms. The Morgan fingerprint density at radius 1 is 1.11 bits per heavy atom. The largest absolute Gasteiger partial charge is 0.493 e. The molecule has 0 spiro atoms. The highest BCUT2D eigenvalue weighted by atomic mass is 19.1. The van der Waals surface area contributed by atoms with Crippen LogP contribution in [0.2, 0.25) is 0 Å². The molecule has 3 heteroatoms. The standard InChI is InChI=1S/C16H16FNO/c1-18-15(12-6-2-3-8-14(12)17)13-7-4-5-11-9-10-19-16(11)13/h2-8,15,18H,9-10H2,1H3. The maximum absolute atomic E-state index is 14.0. The molecule has 19 heavy (non-hydrogen) atoms. The number of rotatable bonds is 3. The van der Waals surface area contributed by atoms with Gasteiger partial charge in [-0.15, -0.1) is 0 Å². The molecule has 1 unspecified atom stereocenters. The number of halogens is 1. The molecular formula is C16H16FNO. The lowest BCUT2D eigenvalue weighted by atomic mass is 9.95. The van der Waals surface area contributed by atoms with E-state index in [9.17, 15) is 4.39 Å². The summed E-state index contributed by atoms with van der Waals surface area (Å²) in [6, 6.07) is 12.7. The predicted molar refractivity (Wildman–Crippen MR) is 72.9 cm³/mol. The fourth-order valence-electron chi connectivity index (χ4n) is 2.66. The second kappa shape index (κ2) is 5.02. The lowest BCUT2D eigenvalue weighted by molar-refractivity contribution is 0.350. The van der Waals surface area contributed by atoms with Gasteiger partial charge in [-0.2, -0.15) is 0 Å². The number of benzene rings is 2. The van der Waals surface area contributed by atoms with Gasteiger partial charge >= 0.3 is 0 Å². The molecule has 3 rings (SSSR count). The van der Waals surface area contributed by atoms with E-state index >= 15 is 0 Å². The predicted octanol–water partition coefficient (Wildman–Crippen LogP) is 3.07. The van der Waals surface area contributed by atoms with Crippen LogP contribution in [0.15, 0.2) is 42.5 Å². The van der Waals surface area contributed by atoms with E-state index in [1.54, 1.807) is 6.07 Å². The monoisotopic (exact) mass is 257 g/mol.